The van der Waals surface area contributed by atoms with Crippen LogP contribution in [-0.2, 0) is 16.1 Å². The number of ketones is 2. The molecule has 2 aromatic rings. The molecule has 244 valence electrons. The zero-order valence-corrected chi connectivity index (χ0v) is 26.0. The first-order valence-corrected chi connectivity index (χ1v) is 15.5. The van der Waals surface area contributed by atoms with E-state index < -0.39 is 75.6 Å². The van der Waals surface area contributed by atoms with Crippen LogP contribution in [0.1, 0.15) is 47.2 Å². The minimum atomic E-state index is -2.94. The van der Waals surface area contributed by atoms with Gasteiger partial charge in [0, 0.05) is 37.2 Å². The molecule has 46 heavy (non-hydrogen) atoms. The number of rotatable bonds is 6. The predicted molar refractivity (Wildman–Crippen MR) is 168 cm³/mol. The number of carbonyl (C=O) groups is 3. The van der Waals surface area contributed by atoms with Crippen LogP contribution < -0.4 is 11.1 Å². The number of piperidine rings is 1. The van der Waals surface area contributed by atoms with Gasteiger partial charge in [-0.1, -0.05) is 43.3 Å². The van der Waals surface area contributed by atoms with E-state index in [4.69, 9.17) is 5.73 Å². The molecule has 12 nitrogen and oxygen atoms in total. The van der Waals surface area contributed by atoms with Crippen molar-refractivity contribution >= 4 is 23.2 Å². The molecule has 0 aromatic heterocycles. The second-order valence-corrected chi connectivity index (χ2v) is 13.2. The number of amides is 1. The summed E-state index contributed by atoms with van der Waals surface area (Å²) in [5.41, 5.74) is 3.00. The van der Waals surface area contributed by atoms with Gasteiger partial charge in [0.05, 0.1) is 29.3 Å². The summed E-state index contributed by atoms with van der Waals surface area (Å²) in [4.78, 5) is 43.7. The molecule has 8 N–H and O–H groups in total. The molecule has 2 aromatic carbocycles. The molecule has 4 aliphatic rings. The van der Waals surface area contributed by atoms with Crippen LogP contribution in [0.15, 0.2) is 65.1 Å². The fourth-order valence-electron chi connectivity index (χ4n) is 8.04. The fraction of sp³-hybridized carbons (Fsp3) is 0.441. The number of benzene rings is 2. The third-order valence-corrected chi connectivity index (χ3v) is 10.3. The van der Waals surface area contributed by atoms with Gasteiger partial charge >= 0.3 is 0 Å². The first-order valence-electron chi connectivity index (χ1n) is 15.5. The van der Waals surface area contributed by atoms with Gasteiger partial charge in [-0.15, -0.1) is 0 Å². The van der Waals surface area contributed by atoms with Crippen LogP contribution in [0, 0.1) is 11.8 Å². The third kappa shape index (κ3) is 4.70. The number of Topliss-reactive ketones (excluding diaryl/α,β-unsaturated/α-hetero) is 2. The number of hydrogen-bond acceptors (Lipinski definition) is 11. The lowest BCUT2D eigenvalue weighted by atomic mass is 9.55. The Kier molecular flexibility index (Phi) is 7.96. The molecule has 12 heteroatoms. The highest BCUT2D eigenvalue weighted by molar-refractivity contribution is 6.25. The van der Waals surface area contributed by atoms with Gasteiger partial charge in [-0.05, 0) is 50.0 Å². The molecular weight excluding hydrogens is 592 g/mol. The molecule has 1 heterocycles. The Labute approximate surface area is 266 Å². The van der Waals surface area contributed by atoms with Crippen molar-refractivity contribution in [1.82, 2.24) is 9.80 Å². The Morgan fingerprint density at radius 1 is 1.07 bits per heavy atom. The van der Waals surface area contributed by atoms with Crippen molar-refractivity contribution in [2.75, 3.05) is 32.5 Å². The van der Waals surface area contributed by atoms with Crippen molar-refractivity contribution < 1.29 is 39.9 Å². The summed E-state index contributed by atoms with van der Waals surface area (Å²) in [7, 11) is 3.01. The lowest BCUT2D eigenvalue weighted by Crippen LogP contribution is -2.68. The summed E-state index contributed by atoms with van der Waals surface area (Å²) in [6, 6.07) is 12.3. The number of nitrogens with zero attached hydrogens (tertiary/aromatic N) is 2. The average Bonchev–Trinajstić information content (AvgIpc) is 3.01. The number of hydrogen-bond donors (Lipinski definition) is 7. The first kappa shape index (κ1) is 31.7. The topological polar surface area (TPSA) is 197 Å². The van der Waals surface area contributed by atoms with Crippen LogP contribution in [0.5, 0.6) is 5.75 Å². The summed E-state index contributed by atoms with van der Waals surface area (Å²) >= 11 is 0. The molecule has 1 fully saturated rings. The zero-order valence-electron chi connectivity index (χ0n) is 26.0. The maximum absolute atomic E-state index is 14.1. The van der Waals surface area contributed by atoms with Gasteiger partial charge in [-0.25, -0.2) is 0 Å². The van der Waals surface area contributed by atoms with E-state index in [1.807, 2.05) is 18.2 Å². The number of fused-ring (bicyclic) bond motifs is 3. The van der Waals surface area contributed by atoms with E-state index in [2.05, 4.69) is 22.3 Å². The summed E-state index contributed by atoms with van der Waals surface area (Å²) < 4.78 is 0. The number of likely N-dealkylation sites (tertiary alicyclic amines) is 1. The molecule has 0 saturated carbocycles. The van der Waals surface area contributed by atoms with Gasteiger partial charge in [0.25, 0.3) is 5.91 Å². The standard InChI is InChI=1S/C34H40N4O8/c1-16-19-9-10-20(36-18-11-13-38(14-12-18)15-17-7-5-4-6-8-17)27(39)22(19)28(40)23-21(16)29(41)25-26(37(2)3)30(42)24(33(35)45)32(44)34(25,46)31(23)43/h4-10,16,18,21,25-26,29,36,39,41-43,46H,11-15H2,1-3H3,(H2,35,45)/t16-,21+,25+,26+,29-,34-/m0/s1. The summed E-state index contributed by atoms with van der Waals surface area (Å²) in [5.74, 6) is -9.00. The monoisotopic (exact) mass is 632 g/mol. The predicted octanol–water partition coefficient (Wildman–Crippen LogP) is 1.73. The molecule has 1 saturated heterocycles. The Morgan fingerprint density at radius 2 is 1.72 bits per heavy atom. The largest absolute Gasteiger partial charge is 0.510 e. The van der Waals surface area contributed by atoms with E-state index in [1.54, 1.807) is 19.1 Å². The number of nitrogens with one attached hydrogen (secondary N) is 1. The number of nitrogens with two attached hydrogens (primary N) is 1. The molecule has 1 aliphatic heterocycles. The van der Waals surface area contributed by atoms with Crippen LogP contribution in [-0.4, -0.2) is 104 Å². The minimum Gasteiger partial charge on any atom is -0.510 e. The minimum absolute atomic E-state index is 0.0277. The Balaban J connectivity index is 1.33. The summed E-state index contributed by atoms with van der Waals surface area (Å²) in [5, 5.41) is 61.0. The van der Waals surface area contributed by atoms with Crippen LogP contribution >= 0.6 is 0 Å². The van der Waals surface area contributed by atoms with Crippen molar-refractivity contribution in [3.05, 3.63) is 81.8 Å². The third-order valence-electron chi connectivity index (χ3n) is 10.3. The molecule has 0 radical (unpaired) electrons. The van der Waals surface area contributed by atoms with Crippen molar-refractivity contribution in [2.45, 2.75) is 56.0 Å². The fourth-order valence-corrected chi connectivity index (χ4v) is 8.04. The SMILES string of the molecule is C[C@H]1c2ccc(NC3CCN(Cc4ccccc4)CC3)c(O)c2C(=O)C2=C(O)[C@]3(O)C(=O)C(C(N)=O)=C(O)[C@H](N(C)C)[C@@H]3[C@@H](O)[C@@H]21. The van der Waals surface area contributed by atoms with E-state index in [9.17, 15) is 39.9 Å². The van der Waals surface area contributed by atoms with Crippen molar-refractivity contribution in [1.29, 1.82) is 0 Å². The van der Waals surface area contributed by atoms with Gasteiger partial charge in [-0.3, -0.25) is 24.2 Å². The Bertz CT molecular complexity index is 1660. The number of phenols is 1. The quantitative estimate of drug-likeness (QED) is 0.181. The number of carbonyl (C=O) groups excluding carboxylic acids is 3. The maximum Gasteiger partial charge on any atom is 0.255 e. The Morgan fingerprint density at radius 3 is 2.33 bits per heavy atom. The lowest BCUT2D eigenvalue weighted by Gasteiger charge is -2.53. The highest BCUT2D eigenvalue weighted by Crippen LogP contribution is 2.56. The van der Waals surface area contributed by atoms with Gasteiger partial charge < -0.3 is 36.6 Å². The smallest absolute Gasteiger partial charge is 0.255 e. The molecule has 6 atom stereocenters. The van der Waals surface area contributed by atoms with E-state index in [-0.39, 0.29) is 17.4 Å². The summed E-state index contributed by atoms with van der Waals surface area (Å²) in [6.07, 6.45) is -0.0166. The molecule has 1 amide bonds. The number of aliphatic hydroxyl groups is 4. The van der Waals surface area contributed by atoms with Crippen molar-refractivity contribution in [2.24, 2.45) is 17.6 Å². The normalized spacial score (nSPS) is 30.3. The second kappa shape index (κ2) is 11.5. The Hall–Kier alpha value is -4.23. The van der Waals surface area contributed by atoms with Crippen LogP contribution in [0.25, 0.3) is 0 Å². The zero-order chi connectivity index (χ0) is 33.2. The lowest BCUT2D eigenvalue weighted by molar-refractivity contribution is -0.162. The van der Waals surface area contributed by atoms with E-state index in [0.29, 0.717) is 11.3 Å². The van der Waals surface area contributed by atoms with Gasteiger partial charge in [-0.2, -0.15) is 0 Å². The number of anilines is 1. The number of primary amides is 1. The maximum atomic E-state index is 14.1. The van der Waals surface area contributed by atoms with Crippen molar-refractivity contribution in [3.63, 3.8) is 0 Å². The van der Waals surface area contributed by atoms with E-state index in [0.717, 1.165) is 32.5 Å². The molecule has 0 bridgehead atoms. The average molecular weight is 633 g/mol. The highest BCUT2D eigenvalue weighted by Gasteiger charge is 2.67. The first-order chi connectivity index (χ1) is 21.8. The molecule has 0 spiro atoms. The van der Waals surface area contributed by atoms with E-state index >= 15 is 0 Å². The number of aliphatic hydroxyl groups excluding tert-OH is 3. The van der Waals surface area contributed by atoms with Gasteiger partial charge in [0.15, 0.2) is 11.4 Å². The van der Waals surface area contributed by atoms with Gasteiger partial charge in [0.2, 0.25) is 5.78 Å². The number of aromatic hydroxyl groups is 1. The molecule has 3 aliphatic carbocycles. The molecule has 6 rings (SSSR count). The number of likely N-dealkylation sites (N-methyl/N-ethyl adjacent to an activating group) is 1. The molecular formula is C34H40N4O8. The number of phenolic OH excluding ortho intramolecular Hbond substituents is 1. The van der Waals surface area contributed by atoms with Crippen molar-refractivity contribution in [3.8, 4) is 5.75 Å². The van der Waals surface area contributed by atoms with E-state index in [1.165, 1.54) is 24.6 Å². The second-order valence-electron chi connectivity index (χ2n) is 13.2. The summed E-state index contributed by atoms with van der Waals surface area (Å²) in [6.45, 7) is 4.24. The van der Waals surface area contributed by atoms with Crippen LogP contribution in [0.3, 0.4) is 0 Å². The van der Waals surface area contributed by atoms with Gasteiger partial charge in [0.1, 0.15) is 22.8 Å². The van der Waals surface area contributed by atoms with Crippen LogP contribution in [0.2, 0.25) is 0 Å². The molecule has 0 unspecified atom stereocenters. The highest BCUT2D eigenvalue weighted by atomic mass is 16.4. The van der Waals surface area contributed by atoms with Crippen LogP contribution in [0.4, 0.5) is 5.69 Å².